The summed E-state index contributed by atoms with van der Waals surface area (Å²) >= 11 is 0. The standard InChI is InChI=1S/C22H26N6O2/c1-14(22(29)24-15-7-5-8-16(11-15)30-4)28(3)21-17-9-6-10-18(17)25-20(26-21)19-12-27(2)13-23-19/h5,7-8,11-14H,6,9-10H2,1-4H3,(H,24,29). The van der Waals surface area contributed by atoms with Crippen LogP contribution in [0.25, 0.3) is 11.5 Å². The molecule has 1 N–H and O–H groups in total. The van der Waals surface area contributed by atoms with E-state index in [-0.39, 0.29) is 5.91 Å². The van der Waals surface area contributed by atoms with Crippen molar-refractivity contribution in [3.8, 4) is 17.3 Å². The molecule has 3 aromatic rings. The molecular formula is C22H26N6O2. The predicted octanol–water partition coefficient (Wildman–Crippen LogP) is 2.84. The summed E-state index contributed by atoms with van der Waals surface area (Å²) in [6.07, 6.45) is 6.52. The van der Waals surface area contributed by atoms with Crippen LogP contribution in [0.5, 0.6) is 5.75 Å². The highest BCUT2D eigenvalue weighted by atomic mass is 16.5. The van der Waals surface area contributed by atoms with Gasteiger partial charge in [-0.25, -0.2) is 15.0 Å². The molecule has 1 amide bonds. The number of nitrogens with one attached hydrogen (secondary N) is 1. The average molecular weight is 406 g/mol. The number of rotatable bonds is 6. The Kier molecular flexibility index (Phi) is 5.39. The number of hydrogen-bond donors (Lipinski definition) is 1. The van der Waals surface area contributed by atoms with Crippen LogP contribution in [0.2, 0.25) is 0 Å². The van der Waals surface area contributed by atoms with Gasteiger partial charge in [0.05, 0.1) is 13.4 Å². The minimum atomic E-state index is -0.424. The number of ether oxygens (including phenoxy) is 1. The fourth-order valence-corrected chi connectivity index (χ4v) is 3.65. The van der Waals surface area contributed by atoms with E-state index in [4.69, 9.17) is 14.7 Å². The third-order valence-electron chi connectivity index (χ3n) is 5.48. The summed E-state index contributed by atoms with van der Waals surface area (Å²) in [6, 6.07) is 6.90. The van der Waals surface area contributed by atoms with Gasteiger partial charge in [-0.2, -0.15) is 0 Å². The molecule has 8 heteroatoms. The molecule has 1 aliphatic rings. The smallest absolute Gasteiger partial charge is 0.246 e. The topological polar surface area (TPSA) is 85.2 Å². The highest BCUT2D eigenvalue weighted by Crippen LogP contribution is 2.31. The molecule has 4 rings (SSSR count). The van der Waals surface area contributed by atoms with Crippen molar-refractivity contribution in [1.29, 1.82) is 0 Å². The summed E-state index contributed by atoms with van der Waals surface area (Å²) in [7, 11) is 5.42. The van der Waals surface area contributed by atoms with E-state index in [0.29, 0.717) is 17.3 Å². The zero-order valence-electron chi connectivity index (χ0n) is 17.7. The summed E-state index contributed by atoms with van der Waals surface area (Å²) in [5.41, 5.74) is 3.60. The Morgan fingerprint density at radius 1 is 1.30 bits per heavy atom. The first-order valence-corrected chi connectivity index (χ1v) is 10.0. The number of nitrogens with zero attached hydrogens (tertiary/aromatic N) is 5. The highest BCUT2D eigenvalue weighted by molar-refractivity contribution is 5.96. The number of fused-ring (bicyclic) bond motifs is 1. The molecule has 156 valence electrons. The van der Waals surface area contributed by atoms with E-state index in [1.165, 1.54) is 0 Å². The van der Waals surface area contributed by atoms with E-state index >= 15 is 0 Å². The fraction of sp³-hybridized carbons (Fsp3) is 0.364. The van der Waals surface area contributed by atoms with E-state index in [1.54, 1.807) is 19.5 Å². The molecule has 2 heterocycles. The molecule has 0 saturated heterocycles. The lowest BCUT2D eigenvalue weighted by Gasteiger charge is -2.27. The van der Waals surface area contributed by atoms with Crippen molar-refractivity contribution in [1.82, 2.24) is 19.5 Å². The first-order valence-electron chi connectivity index (χ1n) is 10.0. The van der Waals surface area contributed by atoms with Gasteiger partial charge in [-0.1, -0.05) is 6.07 Å². The second-order valence-corrected chi connectivity index (χ2v) is 7.58. The fourth-order valence-electron chi connectivity index (χ4n) is 3.65. The van der Waals surface area contributed by atoms with Gasteiger partial charge in [-0.15, -0.1) is 0 Å². The van der Waals surface area contributed by atoms with Crippen LogP contribution in [0, 0.1) is 0 Å². The molecule has 0 radical (unpaired) electrons. The van der Waals surface area contributed by atoms with Gasteiger partial charge in [0, 0.05) is 43.3 Å². The number of carbonyl (C=O) groups excluding carboxylic acids is 1. The predicted molar refractivity (Wildman–Crippen MR) is 116 cm³/mol. The van der Waals surface area contributed by atoms with E-state index in [2.05, 4.69) is 10.3 Å². The van der Waals surface area contributed by atoms with Gasteiger partial charge < -0.3 is 19.5 Å². The van der Waals surface area contributed by atoms with Crippen LogP contribution in [0.3, 0.4) is 0 Å². The molecule has 0 saturated carbocycles. The normalized spacial score (nSPS) is 13.6. The Balaban J connectivity index is 1.60. The van der Waals surface area contributed by atoms with Crippen molar-refractivity contribution >= 4 is 17.4 Å². The second-order valence-electron chi connectivity index (χ2n) is 7.58. The number of methoxy groups -OCH3 is 1. The van der Waals surface area contributed by atoms with Crippen molar-refractivity contribution in [2.75, 3.05) is 24.4 Å². The summed E-state index contributed by atoms with van der Waals surface area (Å²) in [4.78, 5) is 28.8. The van der Waals surface area contributed by atoms with E-state index in [1.807, 2.05) is 54.9 Å². The third kappa shape index (κ3) is 3.85. The molecule has 8 nitrogen and oxygen atoms in total. The molecule has 0 aliphatic heterocycles. The summed E-state index contributed by atoms with van der Waals surface area (Å²) < 4.78 is 7.11. The van der Waals surface area contributed by atoms with Crippen molar-refractivity contribution in [2.45, 2.75) is 32.2 Å². The van der Waals surface area contributed by atoms with Crippen molar-refractivity contribution < 1.29 is 9.53 Å². The van der Waals surface area contributed by atoms with Gasteiger partial charge >= 0.3 is 0 Å². The Bertz CT molecular complexity index is 1080. The average Bonchev–Trinajstić information content (AvgIpc) is 3.40. The van der Waals surface area contributed by atoms with Gasteiger partial charge in [0.25, 0.3) is 0 Å². The van der Waals surface area contributed by atoms with Gasteiger partial charge in [-0.3, -0.25) is 4.79 Å². The number of hydrogen-bond acceptors (Lipinski definition) is 6. The Morgan fingerprint density at radius 2 is 2.13 bits per heavy atom. The molecule has 2 aromatic heterocycles. The molecular weight excluding hydrogens is 380 g/mol. The number of carbonyl (C=O) groups is 1. The monoisotopic (exact) mass is 406 g/mol. The number of aromatic nitrogens is 4. The van der Waals surface area contributed by atoms with Crippen LogP contribution in [-0.2, 0) is 24.7 Å². The number of benzene rings is 1. The van der Waals surface area contributed by atoms with E-state index in [9.17, 15) is 4.79 Å². The second kappa shape index (κ2) is 8.14. The molecule has 0 bridgehead atoms. The minimum Gasteiger partial charge on any atom is -0.497 e. The lowest BCUT2D eigenvalue weighted by Crippen LogP contribution is -2.40. The van der Waals surface area contributed by atoms with Crippen LogP contribution in [0.1, 0.15) is 24.6 Å². The molecule has 30 heavy (non-hydrogen) atoms. The number of anilines is 2. The quantitative estimate of drug-likeness (QED) is 0.678. The maximum atomic E-state index is 12.9. The Hall–Kier alpha value is -3.42. The summed E-state index contributed by atoms with van der Waals surface area (Å²) in [5, 5.41) is 2.96. The molecule has 1 unspecified atom stereocenters. The number of imidazole rings is 1. The van der Waals surface area contributed by atoms with Crippen LogP contribution >= 0.6 is 0 Å². The van der Waals surface area contributed by atoms with Gasteiger partial charge in [0.2, 0.25) is 5.91 Å². The molecule has 0 spiro atoms. The number of aryl methyl sites for hydroxylation is 2. The molecule has 1 aliphatic carbocycles. The zero-order chi connectivity index (χ0) is 21.3. The molecule has 0 fully saturated rings. The summed E-state index contributed by atoms with van der Waals surface area (Å²) in [6.45, 7) is 1.87. The van der Waals surface area contributed by atoms with Crippen LogP contribution in [0.4, 0.5) is 11.5 Å². The SMILES string of the molecule is COc1cccc(NC(=O)C(C)N(C)c2nc(-c3cn(C)cn3)nc3c2CCC3)c1. The Morgan fingerprint density at radius 3 is 2.87 bits per heavy atom. The number of amides is 1. The lowest BCUT2D eigenvalue weighted by molar-refractivity contribution is -0.117. The summed E-state index contributed by atoms with van der Waals surface area (Å²) in [5.74, 6) is 1.97. The van der Waals surface area contributed by atoms with Gasteiger partial charge in [0.15, 0.2) is 5.82 Å². The van der Waals surface area contributed by atoms with Crippen molar-refractivity contribution in [3.63, 3.8) is 0 Å². The van der Waals surface area contributed by atoms with Gasteiger partial charge in [-0.05, 0) is 38.3 Å². The highest BCUT2D eigenvalue weighted by Gasteiger charge is 2.27. The molecule has 1 atom stereocenters. The maximum Gasteiger partial charge on any atom is 0.246 e. The van der Waals surface area contributed by atoms with Crippen molar-refractivity contribution in [3.05, 3.63) is 48.0 Å². The van der Waals surface area contributed by atoms with E-state index < -0.39 is 6.04 Å². The van der Waals surface area contributed by atoms with Crippen LogP contribution in [0.15, 0.2) is 36.8 Å². The first kappa shape index (κ1) is 19.9. The Labute approximate surface area is 175 Å². The van der Waals surface area contributed by atoms with Crippen molar-refractivity contribution in [2.24, 2.45) is 7.05 Å². The van der Waals surface area contributed by atoms with E-state index in [0.717, 1.165) is 42.0 Å². The first-order chi connectivity index (χ1) is 14.5. The minimum absolute atomic E-state index is 0.115. The van der Waals surface area contributed by atoms with Crippen LogP contribution in [-0.4, -0.2) is 45.6 Å². The number of likely N-dealkylation sites (N-methyl/N-ethyl adjacent to an activating group) is 1. The lowest BCUT2D eigenvalue weighted by atomic mass is 10.2. The zero-order valence-corrected chi connectivity index (χ0v) is 17.7. The van der Waals surface area contributed by atoms with Crippen LogP contribution < -0.4 is 15.0 Å². The largest absolute Gasteiger partial charge is 0.497 e. The third-order valence-corrected chi connectivity index (χ3v) is 5.48. The van der Waals surface area contributed by atoms with Gasteiger partial charge in [0.1, 0.15) is 23.3 Å². The molecule has 1 aromatic carbocycles. The maximum absolute atomic E-state index is 12.9.